The van der Waals surface area contributed by atoms with Gasteiger partial charge < -0.3 is 10.0 Å². The first kappa shape index (κ1) is 11.9. The number of carboxylic acid groups (broad SMARTS) is 1. The SMILES string of the molecule is CCC(CCN(C)C(C)=O)C(=O)O. The molecule has 0 bridgehead atoms. The van der Waals surface area contributed by atoms with Crippen molar-refractivity contribution in [2.24, 2.45) is 5.92 Å². The van der Waals surface area contributed by atoms with E-state index in [9.17, 15) is 9.59 Å². The van der Waals surface area contributed by atoms with Gasteiger partial charge in [0.05, 0.1) is 5.92 Å². The van der Waals surface area contributed by atoms with Gasteiger partial charge in [0.1, 0.15) is 0 Å². The molecule has 0 aromatic heterocycles. The molecule has 1 N–H and O–H groups in total. The predicted octanol–water partition coefficient (Wildman–Crippen LogP) is 0.966. The third-order valence-electron chi connectivity index (χ3n) is 2.19. The Morgan fingerprint density at radius 3 is 2.31 bits per heavy atom. The van der Waals surface area contributed by atoms with Gasteiger partial charge >= 0.3 is 5.97 Å². The van der Waals surface area contributed by atoms with Crippen molar-refractivity contribution in [2.45, 2.75) is 26.7 Å². The van der Waals surface area contributed by atoms with Crippen molar-refractivity contribution in [1.29, 1.82) is 0 Å². The van der Waals surface area contributed by atoms with E-state index in [0.29, 0.717) is 19.4 Å². The number of carboxylic acids is 1. The third-order valence-corrected chi connectivity index (χ3v) is 2.19. The van der Waals surface area contributed by atoms with Gasteiger partial charge in [0.25, 0.3) is 0 Å². The molecule has 13 heavy (non-hydrogen) atoms. The fraction of sp³-hybridized carbons (Fsp3) is 0.778. The zero-order valence-electron chi connectivity index (χ0n) is 8.41. The molecule has 0 saturated carbocycles. The number of carbonyl (C=O) groups is 2. The van der Waals surface area contributed by atoms with E-state index in [2.05, 4.69) is 0 Å². The highest BCUT2D eigenvalue weighted by Crippen LogP contribution is 2.08. The minimum absolute atomic E-state index is 0.0276. The second-order valence-electron chi connectivity index (χ2n) is 3.17. The molecule has 1 atom stereocenters. The summed E-state index contributed by atoms with van der Waals surface area (Å²) in [5.41, 5.74) is 0. The van der Waals surface area contributed by atoms with Crippen LogP contribution in [0.1, 0.15) is 26.7 Å². The summed E-state index contributed by atoms with van der Waals surface area (Å²) in [4.78, 5) is 22.9. The molecule has 0 spiro atoms. The Bertz CT molecular complexity index is 191. The number of aliphatic carboxylic acids is 1. The Morgan fingerprint density at radius 1 is 1.46 bits per heavy atom. The zero-order valence-corrected chi connectivity index (χ0v) is 8.41. The quantitative estimate of drug-likeness (QED) is 0.697. The van der Waals surface area contributed by atoms with Gasteiger partial charge in [-0.2, -0.15) is 0 Å². The van der Waals surface area contributed by atoms with Crippen LogP contribution in [0.2, 0.25) is 0 Å². The highest BCUT2D eigenvalue weighted by atomic mass is 16.4. The summed E-state index contributed by atoms with van der Waals surface area (Å²) in [5.74, 6) is -1.14. The van der Waals surface area contributed by atoms with Crippen LogP contribution in [0.15, 0.2) is 0 Å². The summed E-state index contributed by atoms with van der Waals surface area (Å²) in [6, 6.07) is 0. The van der Waals surface area contributed by atoms with Gasteiger partial charge in [-0.1, -0.05) is 6.92 Å². The molecule has 4 nitrogen and oxygen atoms in total. The van der Waals surface area contributed by atoms with E-state index in [1.165, 1.54) is 11.8 Å². The highest BCUT2D eigenvalue weighted by molar-refractivity contribution is 5.73. The van der Waals surface area contributed by atoms with E-state index in [-0.39, 0.29) is 11.8 Å². The number of hydrogen-bond acceptors (Lipinski definition) is 2. The molecule has 76 valence electrons. The van der Waals surface area contributed by atoms with Crippen LogP contribution >= 0.6 is 0 Å². The molecule has 0 aliphatic carbocycles. The van der Waals surface area contributed by atoms with Crippen molar-refractivity contribution >= 4 is 11.9 Å². The number of nitrogens with zero attached hydrogens (tertiary/aromatic N) is 1. The van der Waals surface area contributed by atoms with Gasteiger partial charge in [0.15, 0.2) is 0 Å². The van der Waals surface area contributed by atoms with Crippen LogP contribution < -0.4 is 0 Å². The normalized spacial score (nSPS) is 12.2. The van der Waals surface area contributed by atoms with Crippen LogP contribution in [0.4, 0.5) is 0 Å². The average molecular weight is 187 g/mol. The molecule has 1 unspecified atom stereocenters. The molecule has 0 fully saturated rings. The Labute approximate surface area is 78.5 Å². The maximum absolute atomic E-state index is 10.8. The van der Waals surface area contributed by atoms with Crippen molar-refractivity contribution in [3.63, 3.8) is 0 Å². The molecule has 0 aliphatic heterocycles. The van der Waals surface area contributed by atoms with Crippen molar-refractivity contribution < 1.29 is 14.7 Å². The number of hydrogen-bond donors (Lipinski definition) is 1. The summed E-state index contributed by atoms with van der Waals surface area (Å²) < 4.78 is 0. The molecule has 0 aliphatic rings. The summed E-state index contributed by atoms with van der Waals surface area (Å²) >= 11 is 0. The van der Waals surface area contributed by atoms with Crippen molar-refractivity contribution in [2.75, 3.05) is 13.6 Å². The standard InChI is InChI=1S/C9H17NO3/c1-4-8(9(12)13)5-6-10(3)7(2)11/h8H,4-6H2,1-3H3,(H,12,13). The molecule has 1 amide bonds. The number of rotatable bonds is 5. The second-order valence-corrected chi connectivity index (χ2v) is 3.17. The average Bonchev–Trinajstić information content (AvgIpc) is 2.04. The Hall–Kier alpha value is -1.06. The molecular weight excluding hydrogens is 170 g/mol. The molecular formula is C9H17NO3. The Kier molecular flexibility index (Phi) is 5.11. The van der Waals surface area contributed by atoms with Gasteiger partial charge in [-0.15, -0.1) is 0 Å². The number of amides is 1. The summed E-state index contributed by atoms with van der Waals surface area (Å²) in [6.07, 6.45) is 1.14. The predicted molar refractivity (Wildman–Crippen MR) is 49.3 cm³/mol. The van der Waals surface area contributed by atoms with Crippen molar-refractivity contribution in [3.8, 4) is 0 Å². The fourth-order valence-corrected chi connectivity index (χ4v) is 1.01. The molecule has 0 rings (SSSR count). The largest absolute Gasteiger partial charge is 0.481 e. The first-order valence-electron chi connectivity index (χ1n) is 4.43. The fourth-order valence-electron chi connectivity index (χ4n) is 1.01. The minimum atomic E-state index is -0.778. The van der Waals surface area contributed by atoms with Crippen molar-refractivity contribution in [3.05, 3.63) is 0 Å². The number of carbonyl (C=O) groups excluding carboxylic acids is 1. The summed E-state index contributed by atoms with van der Waals surface area (Å²) in [7, 11) is 1.68. The zero-order chi connectivity index (χ0) is 10.4. The maximum Gasteiger partial charge on any atom is 0.306 e. The van der Waals surface area contributed by atoms with Gasteiger partial charge in [-0.3, -0.25) is 9.59 Å². The third kappa shape index (κ3) is 4.50. The van der Waals surface area contributed by atoms with Crippen LogP contribution in [-0.4, -0.2) is 35.5 Å². The molecule has 0 aromatic rings. The second kappa shape index (κ2) is 5.56. The van der Waals surface area contributed by atoms with Gasteiger partial charge in [0, 0.05) is 20.5 Å². The topological polar surface area (TPSA) is 57.6 Å². The Morgan fingerprint density at radius 2 is 2.00 bits per heavy atom. The van der Waals surface area contributed by atoms with E-state index < -0.39 is 5.97 Å². The lowest BCUT2D eigenvalue weighted by Crippen LogP contribution is -2.28. The van der Waals surface area contributed by atoms with Gasteiger partial charge in [-0.25, -0.2) is 0 Å². The van der Waals surface area contributed by atoms with Crippen LogP contribution in [0.3, 0.4) is 0 Å². The smallest absolute Gasteiger partial charge is 0.306 e. The highest BCUT2D eigenvalue weighted by Gasteiger charge is 2.15. The van der Waals surface area contributed by atoms with E-state index in [4.69, 9.17) is 5.11 Å². The Balaban J connectivity index is 3.85. The van der Waals surface area contributed by atoms with E-state index >= 15 is 0 Å². The van der Waals surface area contributed by atoms with E-state index in [1.54, 1.807) is 7.05 Å². The molecule has 0 heterocycles. The lowest BCUT2D eigenvalue weighted by Gasteiger charge is -2.17. The van der Waals surface area contributed by atoms with Gasteiger partial charge in [0.2, 0.25) is 5.91 Å². The molecule has 4 heteroatoms. The molecule has 0 aromatic carbocycles. The van der Waals surface area contributed by atoms with Crippen LogP contribution in [0, 0.1) is 5.92 Å². The van der Waals surface area contributed by atoms with E-state index in [1.807, 2.05) is 6.92 Å². The lowest BCUT2D eigenvalue weighted by molar-refractivity contribution is -0.142. The van der Waals surface area contributed by atoms with Crippen LogP contribution in [0.5, 0.6) is 0 Å². The van der Waals surface area contributed by atoms with E-state index in [0.717, 1.165) is 0 Å². The van der Waals surface area contributed by atoms with Crippen LogP contribution in [-0.2, 0) is 9.59 Å². The summed E-state index contributed by atoms with van der Waals surface area (Å²) in [6.45, 7) is 3.83. The van der Waals surface area contributed by atoms with Crippen LogP contribution in [0.25, 0.3) is 0 Å². The molecule has 0 radical (unpaired) electrons. The monoisotopic (exact) mass is 187 g/mol. The minimum Gasteiger partial charge on any atom is -0.481 e. The first-order chi connectivity index (χ1) is 5.99. The lowest BCUT2D eigenvalue weighted by atomic mass is 10.0. The summed E-state index contributed by atoms with van der Waals surface area (Å²) in [5, 5.41) is 8.72. The van der Waals surface area contributed by atoms with Gasteiger partial charge in [-0.05, 0) is 12.8 Å². The first-order valence-corrected chi connectivity index (χ1v) is 4.43. The molecule has 0 saturated heterocycles. The van der Waals surface area contributed by atoms with Crippen molar-refractivity contribution in [1.82, 2.24) is 4.90 Å². The maximum atomic E-state index is 10.8.